The minimum absolute atomic E-state index is 0. The molecule has 1 heterocycles. The molecule has 3 rings (SSSR count). The summed E-state index contributed by atoms with van der Waals surface area (Å²) in [7, 11) is 1.98. The van der Waals surface area contributed by atoms with Gasteiger partial charge in [0.25, 0.3) is 0 Å². The van der Waals surface area contributed by atoms with Gasteiger partial charge in [0.15, 0.2) is 11.8 Å². The smallest absolute Gasteiger partial charge is 0.192 e. The zero-order chi connectivity index (χ0) is 20.6. The Morgan fingerprint density at radius 2 is 2.00 bits per heavy atom. The number of aromatic nitrogens is 3. The quantitative estimate of drug-likeness (QED) is 0.227. The van der Waals surface area contributed by atoms with Gasteiger partial charge in [-0.2, -0.15) is 11.8 Å². The van der Waals surface area contributed by atoms with E-state index in [2.05, 4.69) is 52.2 Å². The van der Waals surface area contributed by atoms with Crippen molar-refractivity contribution >= 4 is 41.7 Å². The molecule has 1 unspecified atom stereocenters. The molecule has 1 aromatic heterocycles. The zero-order valence-corrected chi connectivity index (χ0v) is 21.7. The summed E-state index contributed by atoms with van der Waals surface area (Å²) in [6, 6.07) is 7.14. The third-order valence-corrected chi connectivity index (χ3v) is 6.30. The second-order valence-electron chi connectivity index (χ2n) is 7.76. The summed E-state index contributed by atoms with van der Waals surface area (Å²) in [6.45, 7) is 5.57. The molecule has 8 heteroatoms. The Morgan fingerprint density at radius 1 is 1.23 bits per heavy atom. The van der Waals surface area contributed by atoms with Crippen molar-refractivity contribution in [3.8, 4) is 0 Å². The van der Waals surface area contributed by atoms with Crippen LogP contribution in [0.5, 0.6) is 0 Å². The minimum atomic E-state index is 0. The molecule has 30 heavy (non-hydrogen) atoms. The molecule has 2 aromatic rings. The van der Waals surface area contributed by atoms with Crippen molar-refractivity contribution in [2.45, 2.75) is 58.5 Å². The molecule has 166 valence electrons. The summed E-state index contributed by atoms with van der Waals surface area (Å²) in [5.74, 6) is 3.74. The maximum absolute atomic E-state index is 4.78. The number of nitrogens with zero attached hydrogens (tertiary/aromatic N) is 4. The number of guanidine groups is 1. The van der Waals surface area contributed by atoms with E-state index in [4.69, 9.17) is 4.99 Å². The summed E-state index contributed by atoms with van der Waals surface area (Å²) in [4.78, 5) is 4.78. The summed E-state index contributed by atoms with van der Waals surface area (Å²) >= 11 is 1.87. The Kier molecular flexibility index (Phi) is 10.4. The van der Waals surface area contributed by atoms with Crippen molar-refractivity contribution in [3.05, 3.63) is 46.5 Å². The number of rotatable bonds is 8. The number of halogens is 1. The number of thioether (sulfide) groups is 1. The number of aryl methyl sites for hydroxylation is 3. The van der Waals surface area contributed by atoms with Crippen LogP contribution in [0.4, 0.5) is 0 Å². The summed E-state index contributed by atoms with van der Waals surface area (Å²) in [5, 5.41) is 15.4. The van der Waals surface area contributed by atoms with Gasteiger partial charge in [-0.1, -0.05) is 18.2 Å². The molecule has 1 aliphatic rings. The van der Waals surface area contributed by atoms with E-state index in [1.165, 1.54) is 42.4 Å². The predicted molar refractivity (Wildman–Crippen MR) is 138 cm³/mol. The zero-order valence-electron chi connectivity index (χ0n) is 18.6. The van der Waals surface area contributed by atoms with Gasteiger partial charge >= 0.3 is 0 Å². The Morgan fingerprint density at radius 3 is 2.70 bits per heavy atom. The second-order valence-corrected chi connectivity index (χ2v) is 8.75. The van der Waals surface area contributed by atoms with Crippen LogP contribution in [-0.4, -0.2) is 39.3 Å². The SMILES string of the molecule is CSCCCNC(=NCc1nnc(C)n1C)NC(C)c1ccc2c(c1)CCCC2.I. The van der Waals surface area contributed by atoms with Crippen LogP contribution in [0.15, 0.2) is 23.2 Å². The largest absolute Gasteiger partial charge is 0.356 e. The van der Waals surface area contributed by atoms with Crippen molar-refractivity contribution in [2.75, 3.05) is 18.6 Å². The van der Waals surface area contributed by atoms with Crippen LogP contribution in [0.25, 0.3) is 0 Å². The number of hydrogen-bond acceptors (Lipinski definition) is 4. The highest BCUT2D eigenvalue weighted by molar-refractivity contribution is 14.0. The Labute approximate surface area is 202 Å². The number of nitrogens with one attached hydrogen (secondary N) is 2. The molecule has 0 saturated heterocycles. The summed E-state index contributed by atoms with van der Waals surface area (Å²) < 4.78 is 1.99. The van der Waals surface area contributed by atoms with Crippen molar-refractivity contribution in [2.24, 2.45) is 12.0 Å². The van der Waals surface area contributed by atoms with Crippen LogP contribution in [0.2, 0.25) is 0 Å². The van der Waals surface area contributed by atoms with Crippen molar-refractivity contribution < 1.29 is 0 Å². The Bertz CT molecular complexity index is 835. The molecule has 0 radical (unpaired) electrons. The highest BCUT2D eigenvalue weighted by atomic mass is 127. The first-order chi connectivity index (χ1) is 14.1. The van der Waals surface area contributed by atoms with E-state index >= 15 is 0 Å². The maximum Gasteiger partial charge on any atom is 0.192 e. The van der Waals surface area contributed by atoms with Gasteiger partial charge in [-0.15, -0.1) is 34.2 Å². The number of benzene rings is 1. The van der Waals surface area contributed by atoms with Crippen molar-refractivity contribution in [3.63, 3.8) is 0 Å². The van der Waals surface area contributed by atoms with Crippen molar-refractivity contribution in [1.29, 1.82) is 0 Å². The van der Waals surface area contributed by atoms with Gasteiger partial charge in [-0.25, -0.2) is 4.99 Å². The highest BCUT2D eigenvalue weighted by Gasteiger charge is 2.14. The van der Waals surface area contributed by atoms with Gasteiger partial charge < -0.3 is 15.2 Å². The number of hydrogen-bond donors (Lipinski definition) is 2. The van der Waals surface area contributed by atoms with Gasteiger partial charge in [-0.3, -0.25) is 0 Å². The minimum Gasteiger partial charge on any atom is -0.356 e. The third-order valence-electron chi connectivity index (χ3n) is 5.60. The van der Waals surface area contributed by atoms with Crippen LogP contribution in [-0.2, 0) is 26.4 Å². The molecule has 0 saturated carbocycles. The summed E-state index contributed by atoms with van der Waals surface area (Å²) in [6.07, 6.45) is 8.30. The molecule has 0 bridgehead atoms. The first kappa shape index (κ1) is 25.0. The maximum atomic E-state index is 4.78. The topological polar surface area (TPSA) is 67.1 Å². The van der Waals surface area contributed by atoms with E-state index in [-0.39, 0.29) is 30.0 Å². The van der Waals surface area contributed by atoms with E-state index < -0.39 is 0 Å². The molecule has 2 N–H and O–H groups in total. The monoisotopic (exact) mass is 542 g/mol. The van der Waals surface area contributed by atoms with Crippen molar-refractivity contribution in [1.82, 2.24) is 25.4 Å². The van der Waals surface area contributed by atoms with Crippen LogP contribution < -0.4 is 10.6 Å². The molecule has 6 nitrogen and oxygen atoms in total. The molecular weight excluding hydrogens is 507 g/mol. The van der Waals surface area contributed by atoms with Gasteiger partial charge in [0.1, 0.15) is 12.4 Å². The average Bonchev–Trinajstić information content (AvgIpc) is 3.06. The van der Waals surface area contributed by atoms with E-state index in [1.54, 1.807) is 0 Å². The van der Waals surface area contributed by atoms with Crippen LogP contribution in [0, 0.1) is 6.92 Å². The standard InChI is InChI=1S/C22H34N6S.HI/c1-16(19-11-10-18-8-5-6-9-20(18)14-19)25-22(23-12-7-13-29-4)24-15-21-27-26-17(2)28(21)3;/h10-11,14,16H,5-9,12-13,15H2,1-4H3,(H2,23,24,25);1H. The molecule has 0 spiro atoms. The van der Waals surface area contributed by atoms with Gasteiger partial charge in [0, 0.05) is 13.6 Å². The Hall–Kier alpha value is -1.29. The fraction of sp³-hybridized carbons (Fsp3) is 0.591. The van der Waals surface area contributed by atoms with Crippen LogP contribution in [0.3, 0.4) is 0 Å². The van der Waals surface area contributed by atoms with E-state index in [0.29, 0.717) is 6.54 Å². The molecule has 1 aliphatic carbocycles. The number of aliphatic imine (C=N–C) groups is 1. The molecule has 1 atom stereocenters. The van der Waals surface area contributed by atoms with Crippen LogP contribution in [0.1, 0.15) is 60.6 Å². The fourth-order valence-electron chi connectivity index (χ4n) is 3.63. The normalized spacial score (nSPS) is 14.6. The summed E-state index contributed by atoms with van der Waals surface area (Å²) in [5.41, 5.74) is 4.36. The Balaban J connectivity index is 0.00000320. The lowest BCUT2D eigenvalue weighted by Crippen LogP contribution is -2.39. The van der Waals surface area contributed by atoms with Gasteiger partial charge in [0.05, 0.1) is 6.04 Å². The third kappa shape index (κ3) is 6.87. The fourth-order valence-corrected chi connectivity index (χ4v) is 4.06. The molecular formula is C22H35IN6S. The van der Waals surface area contributed by atoms with Crippen LogP contribution >= 0.6 is 35.7 Å². The lowest BCUT2D eigenvalue weighted by Gasteiger charge is -2.22. The second kappa shape index (κ2) is 12.5. The lowest BCUT2D eigenvalue weighted by molar-refractivity contribution is 0.660. The molecule has 0 fully saturated rings. The highest BCUT2D eigenvalue weighted by Crippen LogP contribution is 2.24. The van der Waals surface area contributed by atoms with E-state index in [9.17, 15) is 0 Å². The molecule has 1 aromatic carbocycles. The molecule has 0 aliphatic heterocycles. The first-order valence-electron chi connectivity index (χ1n) is 10.6. The van der Waals surface area contributed by atoms with E-state index in [1.807, 2.05) is 30.3 Å². The van der Waals surface area contributed by atoms with Gasteiger partial charge in [0.2, 0.25) is 0 Å². The van der Waals surface area contributed by atoms with Gasteiger partial charge in [-0.05, 0) is 74.7 Å². The average molecular weight is 543 g/mol. The lowest BCUT2D eigenvalue weighted by atomic mass is 9.89. The molecule has 0 amide bonds. The predicted octanol–water partition coefficient (Wildman–Crippen LogP) is 4.17. The van der Waals surface area contributed by atoms with E-state index in [0.717, 1.165) is 36.3 Å². The number of fused-ring (bicyclic) bond motifs is 1. The first-order valence-corrected chi connectivity index (χ1v) is 12.0.